The molecule has 0 aliphatic heterocycles. The van der Waals surface area contributed by atoms with E-state index < -0.39 is 0 Å². The first-order chi connectivity index (χ1) is 7.05. The van der Waals surface area contributed by atoms with Gasteiger partial charge >= 0.3 is 5.97 Å². The molecular weight excluding hydrogens is 188 g/mol. The Morgan fingerprint density at radius 2 is 2.20 bits per heavy atom. The van der Waals surface area contributed by atoms with E-state index in [9.17, 15) is 4.79 Å². The van der Waals surface area contributed by atoms with Gasteiger partial charge in [0.2, 0.25) is 0 Å². The van der Waals surface area contributed by atoms with Crippen LogP contribution in [0.3, 0.4) is 0 Å². The first-order valence-electron chi connectivity index (χ1n) is 5.97. The van der Waals surface area contributed by atoms with E-state index in [1.807, 2.05) is 0 Å². The van der Waals surface area contributed by atoms with E-state index >= 15 is 0 Å². The van der Waals surface area contributed by atoms with E-state index in [-0.39, 0.29) is 11.4 Å². The van der Waals surface area contributed by atoms with Crippen LogP contribution in [0.15, 0.2) is 0 Å². The SMILES string of the molecule is COC(=O)C12C[C]3CC(CC(C)(C3)C1)C2. The Kier molecular flexibility index (Phi) is 1.79. The largest absolute Gasteiger partial charge is 0.469 e. The number of hydrogen-bond acceptors (Lipinski definition) is 2. The molecule has 4 aliphatic rings. The molecule has 4 aliphatic carbocycles. The Morgan fingerprint density at radius 3 is 2.80 bits per heavy atom. The molecule has 0 aromatic carbocycles. The predicted molar refractivity (Wildman–Crippen MR) is 57.0 cm³/mol. The van der Waals surface area contributed by atoms with Crippen LogP contribution < -0.4 is 0 Å². The second kappa shape index (κ2) is 2.78. The number of rotatable bonds is 1. The van der Waals surface area contributed by atoms with E-state index in [1.165, 1.54) is 26.4 Å². The predicted octanol–water partition coefficient (Wildman–Crippen LogP) is 2.72. The zero-order valence-electron chi connectivity index (χ0n) is 9.64. The third-order valence-electron chi connectivity index (χ3n) is 4.69. The first-order valence-corrected chi connectivity index (χ1v) is 5.97. The van der Waals surface area contributed by atoms with Crippen LogP contribution in [0.5, 0.6) is 0 Å². The Morgan fingerprint density at radius 1 is 1.40 bits per heavy atom. The summed E-state index contributed by atoms with van der Waals surface area (Å²) < 4.78 is 5.03. The van der Waals surface area contributed by atoms with Crippen LogP contribution in [0.4, 0.5) is 0 Å². The fraction of sp³-hybridized carbons (Fsp3) is 0.846. The molecule has 15 heavy (non-hydrogen) atoms. The van der Waals surface area contributed by atoms with Crippen molar-refractivity contribution in [3.05, 3.63) is 5.92 Å². The maximum Gasteiger partial charge on any atom is 0.311 e. The Hall–Kier alpha value is -0.530. The van der Waals surface area contributed by atoms with Crippen molar-refractivity contribution in [2.75, 3.05) is 7.11 Å². The normalized spacial score (nSPS) is 48.3. The molecule has 83 valence electrons. The van der Waals surface area contributed by atoms with Crippen molar-refractivity contribution in [2.24, 2.45) is 16.7 Å². The fourth-order valence-corrected chi connectivity index (χ4v) is 4.84. The lowest BCUT2D eigenvalue weighted by atomic mass is 9.44. The van der Waals surface area contributed by atoms with E-state index in [4.69, 9.17) is 4.74 Å². The second-order valence-electron chi connectivity index (χ2n) is 6.34. The fourth-order valence-electron chi connectivity index (χ4n) is 4.84. The van der Waals surface area contributed by atoms with Crippen LogP contribution in [0.2, 0.25) is 0 Å². The minimum Gasteiger partial charge on any atom is -0.469 e. The second-order valence-corrected chi connectivity index (χ2v) is 6.34. The van der Waals surface area contributed by atoms with Gasteiger partial charge < -0.3 is 4.74 Å². The summed E-state index contributed by atoms with van der Waals surface area (Å²) in [6, 6.07) is 0. The molecule has 1 radical (unpaired) electrons. The molecule has 4 rings (SSSR count). The van der Waals surface area contributed by atoms with Gasteiger partial charge in [0.15, 0.2) is 0 Å². The summed E-state index contributed by atoms with van der Waals surface area (Å²) in [5, 5.41) is 0. The Bertz CT molecular complexity index is 294. The first kappa shape index (κ1) is 9.68. The van der Waals surface area contributed by atoms with Gasteiger partial charge in [-0.1, -0.05) is 6.92 Å². The lowest BCUT2D eigenvalue weighted by molar-refractivity contribution is -0.167. The number of esters is 1. The van der Waals surface area contributed by atoms with Gasteiger partial charge in [-0.15, -0.1) is 0 Å². The standard InChI is InChI=1S/C13H19O2/c1-12-4-9-3-10(5-12)7-13(6-9,8-12)11(14)15-2/h9H,3-8H2,1-2H3. The summed E-state index contributed by atoms with van der Waals surface area (Å²) in [4.78, 5) is 12.0. The third-order valence-corrected chi connectivity index (χ3v) is 4.69. The highest BCUT2D eigenvalue weighted by atomic mass is 16.5. The molecular formula is C13H19O2. The molecule has 0 spiro atoms. The van der Waals surface area contributed by atoms with Gasteiger partial charge in [-0.3, -0.25) is 4.79 Å². The molecule has 0 heterocycles. The molecule has 0 aromatic rings. The lowest BCUT2D eigenvalue weighted by Crippen LogP contribution is -2.53. The molecule has 2 nitrogen and oxygen atoms in total. The van der Waals surface area contributed by atoms with Gasteiger partial charge in [0.05, 0.1) is 12.5 Å². The van der Waals surface area contributed by atoms with Crippen LogP contribution >= 0.6 is 0 Å². The summed E-state index contributed by atoms with van der Waals surface area (Å²) >= 11 is 0. The van der Waals surface area contributed by atoms with E-state index in [1.54, 1.807) is 5.92 Å². The average molecular weight is 207 g/mol. The van der Waals surface area contributed by atoms with Gasteiger partial charge in [0.25, 0.3) is 0 Å². The number of ether oxygens (including phenoxy) is 1. The minimum atomic E-state index is -0.127. The zero-order chi connectivity index (χ0) is 10.7. The topological polar surface area (TPSA) is 26.3 Å². The Labute approximate surface area is 91.4 Å². The average Bonchev–Trinajstić information content (AvgIpc) is 2.12. The molecule has 4 saturated carbocycles. The maximum atomic E-state index is 12.0. The van der Waals surface area contributed by atoms with Crippen molar-refractivity contribution in [2.45, 2.75) is 45.4 Å². The van der Waals surface area contributed by atoms with Crippen molar-refractivity contribution in [1.29, 1.82) is 0 Å². The van der Waals surface area contributed by atoms with E-state index in [2.05, 4.69) is 6.92 Å². The van der Waals surface area contributed by atoms with Gasteiger partial charge in [0.1, 0.15) is 0 Å². The number of methoxy groups -OCH3 is 1. The van der Waals surface area contributed by atoms with Crippen LogP contribution in [0.1, 0.15) is 45.4 Å². The molecule has 4 bridgehead atoms. The highest BCUT2D eigenvalue weighted by Crippen LogP contribution is 2.66. The summed E-state index contributed by atoms with van der Waals surface area (Å²) in [6.07, 6.45) is 7.04. The molecule has 0 saturated heterocycles. The summed E-state index contributed by atoms with van der Waals surface area (Å²) in [7, 11) is 1.54. The molecule has 2 heteroatoms. The van der Waals surface area contributed by atoms with Crippen LogP contribution in [0.25, 0.3) is 0 Å². The van der Waals surface area contributed by atoms with Crippen molar-refractivity contribution in [3.63, 3.8) is 0 Å². The molecule has 4 fully saturated rings. The van der Waals surface area contributed by atoms with Crippen LogP contribution in [-0.4, -0.2) is 13.1 Å². The summed E-state index contributed by atoms with van der Waals surface area (Å²) in [6.45, 7) is 2.36. The molecule has 0 aromatic heterocycles. The molecule has 3 unspecified atom stereocenters. The van der Waals surface area contributed by atoms with E-state index in [0.29, 0.717) is 5.41 Å². The zero-order valence-corrected chi connectivity index (χ0v) is 9.64. The number of carbonyl (C=O) groups is 1. The summed E-state index contributed by atoms with van der Waals surface area (Å²) in [5.41, 5.74) is 0.279. The molecule has 0 N–H and O–H groups in total. The maximum absolute atomic E-state index is 12.0. The molecule has 0 amide bonds. The van der Waals surface area contributed by atoms with Crippen LogP contribution in [-0.2, 0) is 9.53 Å². The van der Waals surface area contributed by atoms with Crippen molar-refractivity contribution < 1.29 is 9.53 Å². The summed E-state index contributed by atoms with van der Waals surface area (Å²) in [5.74, 6) is 2.45. The molecule has 3 atom stereocenters. The third kappa shape index (κ3) is 1.26. The van der Waals surface area contributed by atoms with Gasteiger partial charge in [-0.2, -0.15) is 0 Å². The number of hydrogen-bond donors (Lipinski definition) is 0. The van der Waals surface area contributed by atoms with E-state index in [0.717, 1.165) is 25.2 Å². The lowest BCUT2D eigenvalue weighted by Gasteiger charge is -2.59. The minimum absolute atomic E-state index is 0.0512. The highest BCUT2D eigenvalue weighted by Gasteiger charge is 2.59. The van der Waals surface area contributed by atoms with Crippen molar-refractivity contribution in [3.8, 4) is 0 Å². The van der Waals surface area contributed by atoms with Crippen LogP contribution in [0, 0.1) is 22.7 Å². The smallest absolute Gasteiger partial charge is 0.311 e. The van der Waals surface area contributed by atoms with Gasteiger partial charge in [0, 0.05) is 0 Å². The highest BCUT2D eigenvalue weighted by molar-refractivity contribution is 5.78. The Balaban J connectivity index is 1.96. The quantitative estimate of drug-likeness (QED) is 0.618. The van der Waals surface area contributed by atoms with Gasteiger partial charge in [-0.05, 0) is 55.8 Å². The monoisotopic (exact) mass is 207 g/mol. The number of carbonyl (C=O) groups excluding carboxylic acids is 1. The van der Waals surface area contributed by atoms with Crippen molar-refractivity contribution in [1.82, 2.24) is 0 Å². The van der Waals surface area contributed by atoms with Gasteiger partial charge in [-0.25, -0.2) is 0 Å². The van der Waals surface area contributed by atoms with Crippen molar-refractivity contribution >= 4 is 5.97 Å².